The zero-order valence-electron chi connectivity index (χ0n) is 14.2. The third-order valence-electron chi connectivity index (χ3n) is 3.28. The lowest BCUT2D eigenvalue weighted by Gasteiger charge is -2.20. The molecule has 0 aliphatic carbocycles. The maximum atomic E-state index is 12.8. The number of nitrogens with zero attached hydrogens (tertiary/aromatic N) is 2. The molecule has 2 rings (SSSR count). The molecule has 1 unspecified atom stereocenters. The summed E-state index contributed by atoms with van der Waals surface area (Å²) >= 11 is 0. The van der Waals surface area contributed by atoms with E-state index in [9.17, 15) is 21.9 Å². The van der Waals surface area contributed by atoms with Crippen LogP contribution in [0.15, 0.2) is 18.2 Å². The van der Waals surface area contributed by atoms with Crippen LogP contribution >= 0.6 is 0 Å². The van der Waals surface area contributed by atoms with Crippen LogP contribution in [0.5, 0.6) is 0 Å². The van der Waals surface area contributed by atoms with E-state index in [0.29, 0.717) is 0 Å². The number of carbonyl (C=O) groups is 2. The van der Waals surface area contributed by atoms with Gasteiger partial charge in [-0.1, -0.05) is 6.07 Å². The van der Waals surface area contributed by atoms with Gasteiger partial charge in [0.05, 0.1) is 5.75 Å². The first-order chi connectivity index (χ1) is 11.4. The molecule has 138 valence electrons. The third-order valence-corrected chi connectivity index (χ3v) is 4.15. The summed E-state index contributed by atoms with van der Waals surface area (Å²) in [6.45, 7) is 5.21. The Bertz CT molecular complexity index is 776. The summed E-state index contributed by atoms with van der Waals surface area (Å²) in [6.07, 6.45) is -0.763. The van der Waals surface area contributed by atoms with Gasteiger partial charge in [-0.15, -0.1) is 3.89 Å². The molecule has 0 radical (unpaired) electrons. The minimum atomic E-state index is -4.65. The van der Waals surface area contributed by atoms with Crippen molar-refractivity contribution in [3.05, 3.63) is 18.2 Å². The molecular formula is C15H20FN3O5S. The highest BCUT2D eigenvalue weighted by atomic mass is 32.3. The Balaban J connectivity index is 2.08. The van der Waals surface area contributed by atoms with E-state index < -0.39 is 33.6 Å². The summed E-state index contributed by atoms with van der Waals surface area (Å²) in [5, 5.41) is 2.46. The molecule has 10 heteroatoms. The Morgan fingerprint density at radius 3 is 2.72 bits per heavy atom. The molecule has 0 saturated carbocycles. The number of rotatable bonds is 4. The third kappa shape index (κ3) is 5.96. The second-order valence-corrected chi connectivity index (χ2v) is 8.20. The number of hydrogen-bond acceptors (Lipinski definition) is 6. The number of ether oxygens (including phenoxy) is 1. The van der Waals surface area contributed by atoms with Gasteiger partial charge in [0.25, 0.3) is 0 Å². The molecule has 1 aliphatic heterocycles. The van der Waals surface area contributed by atoms with Crippen molar-refractivity contribution in [3.8, 4) is 0 Å². The first-order valence-corrected chi connectivity index (χ1v) is 9.18. The average molecular weight is 373 g/mol. The molecule has 2 heterocycles. The molecule has 1 aliphatic rings. The van der Waals surface area contributed by atoms with Crippen LogP contribution in [0.25, 0.3) is 0 Å². The number of hydrogen-bond donors (Lipinski definition) is 1. The highest BCUT2D eigenvalue weighted by Crippen LogP contribution is 2.26. The van der Waals surface area contributed by atoms with Gasteiger partial charge in [-0.05, 0) is 32.9 Å². The van der Waals surface area contributed by atoms with E-state index in [4.69, 9.17) is 4.74 Å². The Morgan fingerprint density at radius 2 is 2.12 bits per heavy atom. The molecule has 0 aromatic carbocycles. The van der Waals surface area contributed by atoms with Crippen molar-refractivity contribution in [1.82, 2.24) is 4.98 Å². The van der Waals surface area contributed by atoms with Gasteiger partial charge in [0.15, 0.2) is 0 Å². The van der Waals surface area contributed by atoms with E-state index in [2.05, 4.69) is 10.3 Å². The van der Waals surface area contributed by atoms with Crippen LogP contribution in [0, 0.1) is 5.92 Å². The maximum absolute atomic E-state index is 12.8. The van der Waals surface area contributed by atoms with Gasteiger partial charge in [0.2, 0.25) is 5.91 Å². The monoisotopic (exact) mass is 373 g/mol. The fourth-order valence-electron chi connectivity index (χ4n) is 2.45. The number of anilines is 2. The number of halogens is 1. The highest BCUT2D eigenvalue weighted by molar-refractivity contribution is 7.86. The Hall–Kier alpha value is -2.23. The first kappa shape index (κ1) is 19.1. The van der Waals surface area contributed by atoms with Crippen molar-refractivity contribution in [2.75, 3.05) is 22.5 Å². The SMILES string of the molecule is CC(C)(C)OC(=O)Nc1cccc(N2CC(CS(=O)(=O)F)CC2=O)n1. The minimum absolute atomic E-state index is 0.0465. The lowest BCUT2D eigenvalue weighted by Crippen LogP contribution is -2.28. The predicted octanol–water partition coefficient (Wildman–Crippen LogP) is 2.08. The second kappa shape index (κ2) is 6.95. The van der Waals surface area contributed by atoms with Crippen LogP contribution in [0.1, 0.15) is 27.2 Å². The largest absolute Gasteiger partial charge is 0.444 e. The van der Waals surface area contributed by atoms with E-state index in [1.54, 1.807) is 32.9 Å². The molecule has 0 bridgehead atoms. The molecule has 1 fully saturated rings. The molecule has 1 atom stereocenters. The number of pyridine rings is 1. The Labute approximate surface area is 145 Å². The Morgan fingerprint density at radius 1 is 1.44 bits per heavy atom. The van der Waals surface area contributed by atoms with Gasteiger partial charge < -0.3 is 4.74 Å². The number of carbonyl (C=O) groups excluding carboxylic acids is 2. The molecule has 1 aromatic heterocycles. The summed E-state index contributed by atoms with van der Waals surface area (Å²) in [7, 11) is -4.65. The smallest absolute Gasteiger partial charge is 0.413 e. The molecule has 1 aromatic rings. The van der Waals surface area contributed by atoms with Crippen LogP contribution in [-0.2, 0) is 19.8 Å². The maximum Gasteiger partial charge on any atom is 0.413 e. The molecule has 1 N–H and O–H groups in total. The van der Waals surface area contributed by atoms with E-state index in [1.807, 2.05) is 0 Å². The number of amides is 2. The molecule has 1 saturated heterocycles. The summed E-state index contributed by atoms with van der Waals surface area (Å²) in [6, 6.07) is 4.66. The van der Waals surface area contributed by atoms with Crippen LogP contribution in [0.2, 0.25) is 0 Å². The van der Waals surface area contributed by atoms with Gasteiger partial charge in [-0.3, -0.25) is 15.0 Å². The van der Waals surface area contributed by atoms with Gasteiger partial charge in [-0.2, -0.15) is 8.42 Å². The van der Waals surface area contributed by atoms with Gasteiger partial charge in [-0.25, -0.2) is 9.78 Å². The van der Waals surface area contributed by atoms with Crippen LogP contribution < -0.4 is 10.2 Å². The lowest BCUT2D eigenvalue weighted by molar-refractivity contribution is -0.117. The van der Waals surface area contributed by atoms with Crippen molar-refractivity contribution < 1.29 is 26.6 Å². The normalized spacial score (nSPS) is 18.3. The Kier molecular flexibility index (Phi) is 5.31. The van der Waals surface area contributed by atoms with Crippen LogP contribution in [-0.4, -0.2) is 43.3 Å². The summed E-state index contributed by atoms with van der Waals surface area (Å²) in [4.78, 5) is 29.3. The molecule has 8 nitrogen and oxygen atoms in total. The number of aromatic nitrogens is 1. The highest BCUT2D eigenvalue weighted by Gasteiger charge is 2.34. The lowest BCUT2D eigenvalue weighted by atomic mass is 10.1. The van der Waals surface area contributed by atoms with Crippen molar-refractivity contribution in [2.24, 2.45) is 5.92 Å². The zero-order valence-corrected chi connectivity index (χ0v) is 15.0. The van der Waals surface area contributed by atoms with Gasteiger partial charge in [0, 0.05) is 18.9 Å². The standard InChI is InChI=1S/C15H20FN3O5S/c1-15(2,3)24-14(21)18-11-5-4-6-12(17-11)19-8-10(7-13(19)20)9-25(16,22)23/h4-6,10H,7-9H2,1-3H3,(H,17,18,21). The fraction of sp³-hybridized carbons (Fsp3) is 0.533. The fourth-order valence-corrected chi connectivity index (χ4v) is 3.23. The zero-order chi connectivity index (χ0) is 18.8. The van der Waals surface area contributed by atoms with E-state index in [1.165, 1.54) is 11.0 Å². The van der Waals surface area contributed by atoms with Gasteiger partial charge in [0.1, 0.15) is 17.2 Å². The van der Waals surface area contributed by atoms with Crippen LogP contribution in [0.4, 0.5) is 20.3 Å². The topological polar surface area (TPSA) is 106 Å². The summed E-state index contributed by atoms with van der Waals surface area (Å²) in [5.74, 6) is -1.26. The van der Waals surface area contributed by atoms with Crippen molar-refractivity contribution in [2.45, 2.75) is 32.8 Å². The van der Waals surface area contributed by atoms with Crippen molar-refractivity contribution in [3.63, 3.8) is 0 Å². The molecule has 25 heavy (non-hydrogen) atoms. The summed E-state index contributed by atoms with van der Waals surface area (Å²) in [5.41, 5.74) is -0.669. The van der Waals surface area contributed by atoms with E-state index in [-0.39, 0.29) is 30.5 Å². The van der Waals surface area contributed by atoms with Crippen molar-refractivity contribution in [1.29, 1.82) is 0 Å². The first-order valence-electron chi connectivity index (χ1n) is 7.63. The van der Waals surface area contributed by atoms with Gasteiger partial charge >= 0.3 is 16.3 Å². The van der Waals surface area contributed by atoms with Crippen molar-refractivity contribution >= 4 is 33.9 Å². The molecule has 0 spiro atoms. The average Bonchev–Trinajstić information content (AvgIpc) is 2.75. The molecular weight excluding hydrogens is 353 g/mol. The predicted molar refractivity (Wildman–Crippen MR) is 89.4 cm³/mol. The summed E-state index contributed by atoms with van der Waals surface area (Å²) < 4.78 is 39.4. The quantitative estimate of drug-likeness (QED) is 0.810. The van der Waals surface area contributed by atoms with Crippen LogP contribution in [0.3, 0.4) is 0 Å². The van der Waals surface area contributed by atoms with E-state index in [0.717, 1.165) is 0 Å². The molecule has 2 amide bonds. The second-order valence-electron chi connectivity index (χ2n) is 6.79. The van der Waals surface area contributed by atoms with E-state index >= 15 is 0 Å². The number of nitrogens with one attached hydrogen (secondary N) is 1. The minimum Gasteiger partial charge on any atom is -0.444 e.